The fourth-order valence-corrected chi connectivity index (χ4v) is 10.9. The lowest BCUT2D eigenvalue weighted by Crippen LogP contribution is -2.61. The van der Waals surface area contributed by atoms with E-state index >= 15 is 4.79 Å². The highest BCUT2D eigenvalue weighted by Crippen LogP contribution is 2.50. The standard InChI is InChI=1S/C43H60F2N6O9S/c1-8-26-31-23-51(32(26)35(52)49-43(22-27(43)34(44)45)38(54)50-61(56,57)41(5)19-20-41)37(53)33(40(2,3)4)48-39(55)60-42(6)18-12-14-24(42)13-10-9-11-15-29-36(59-31)47-30-21-25(58-7)16-17-28(30)46-29/h16-17,21,24,26-27,31-34H,8-15,18-20,22-23H2,1-7H3,(H,48,55)(H,49,52)(H,50,54)/t24-,26-,27+,31+,32?,33-,42-,43-/m1/s1. The molecule has 3 saturated carbocycles. The van der Waals surface area contributed by atoms with Gasteiger partial charge < -0.3 is 29.7 Å². The van der Waals surface area contributed by atoms with Crippen molar-refractivity contribution < 1.29 is 50.6 Å². The summed E-state index contributed by atoms with van der Waals surface area (Å²) < 4.78 is 74.2. The molecule has 61 heavy (non-hydrogen) atoms. The quantitative estimate of drug-likeness (QED) is 0.300. The van der Waals surface area contributed by atoms with E-state index in [0.29, 0.717) is 48.2 Å². The Morgan fingerprint density at radius 1 is 1.05 bits per heavy atom. The van der Waals surface area contributed by atoms with E-state index in [4.69, 9.17) is 24.2 Å². The lowest BCUT2D eigenvalue weighted by molar-refractivity contribution is -0.144. The van der Waals surface area contributed by atoms with Crippen molar-refractivity contribution in [3.8, 4) is 11.6 Å². The van der Waals surface area contributed by atoms with Crippen LogP contribution in [-0.2, 0) is 35.6 Å². The highest BCUT2D eigenvalue weighted by atomic mass is 32.2. The van der Waals surface area contributed by atoms with Crippen LogP contribution < -0.4 is 24.8 Å². The maximum absolute atomic E-state index is 15.1. The van der Waals surface area contributed by atoms with Crippen LogP contribution in [0.2, 0.25) is 0 Å². The summed E-state index contributed by atoms with van der Waals surface area (Å²) in [5, 5.41) is 5.36. The van der Waals surface area contributed by atoms with Gasteiger partial charge in [-0.15, -0.1) is 0 Å². The van der Waals surface area contributed by atoms with Crippen molar-refractivity contribution in [1.82, 2.24) is 30.2 Å². The van der Waals surface area contributed by atoms with Gasteiger partial charge in [-0.25, -0.2) is 32.0 Å². The maximum Gasteiger partial charge on any atom is 0.408 e. The number of alkyl halides is 2. The Morgan fingerprint density at radius 3 is 2.41 bits per heavy atom. The minimum Gasteiger partial charge on any atom is -0.497 e. The number of sulfonamides is 1. The van der Waals surface area contributed by atoms with E-state index < -0.39 is 98.0 Å². The summed E-state index contributed by atoms with van der Waals surface area (Å²) in [5.74, 6) is -4.42. The number of rotatable bonds is 8. The zero-order chi connectivity index (χ0) is 44.3. The molecule has 4 amide bonds. The number of alkyl carbamates (subject to hydrolysis) is 1. The number of carbonyl (C=O) groups excluding carboxylic acids is 4. The Hall–Kier alpha value is -4.35. The second-order valence-electron chi connectivity index (χ2n) is 19.3. The number of nitrogens with zero attached hydrogens (tertiary/aromatic N) is 3. The molecule has 1 saturated heterocycles. The van der Waals surface area contributed by atoms with Gasteiger partial charge in [0.1, 0.15) is 40.8 Å². The second-order valence-corrected chi connectivity index (χ2v) is 21.5. The molecule has 0 radical (unpaired) electrons. The van der Waals surface area contributed by atoms with Gasteiger partial charge in [0.2, 0.25) is 34.1 Å². The maximum atomic E-state index is 15.1. The molecule has 4 fully saturated rings. The van der Waals surface area contributed by atoms with E-state index in [1.807, 2.05) is 17.7 Å². The van der Waals surface area contributed by atoms with Crippen molar-refractivity contribution in [1.29, 1.82) is 0 Å². The number of halogens is 2. The van der Waals surface area contributed by atoms with Crippen LogP contribution >= 0.6 is 0 Å². The Morgan fingerprint density at radius 2 is 1.77 bits per heavy atom. The molecule has 3 heterocycles. The van der Waals surface area contributed by atoms with Crippen LogP contribution in [0.4, 0.5) is 13.6 Å². The second kappa shape index (κ2) is 16.4. The van der Waals surface area contributed by atoms with Crippen molar-refractivity contribution in [2.24, 2.45) is 23.2 Å². The fraction of sp³-hybridized carbons (Fsp3) is 0.721. The van der Waals surface area contributed by atoms with Gasteiger partial charge in [-0.3, -0.25) is 19.1 Å². The predicted octanol–water partition coefficient (Wildman–Crippen LogP) is 5.58. The van der Waals surface area contributed by atoms with Gasteiger partial charge in [0.15, 0.2) is 0 Å². The smallest absolute Gasteiger partial charge is 0.408 e. The molecule has 15 nitrogen and oxygen atoms in total. The van der Waals surface area contributed by atoms with E-state index in [0.717, 1.165) is 38.5 Å². The molecular weight excluding hydrogens is 815 g/mol. The van der Waals surface area contributed by atoms with Crippen LogP contribution in [0, 0.1) is 23.2 Å². The molecule has 3 N–H and O–H groups in total. The number of aryl methyl sites for hydroxylation is 1. The van der Waals surface area contributed by atoms with E-state index in [2.05, 4.69) is 10.6 Å². The molecular formula is C43H60F2N6O9S. The van der Waals surface area contributed by atoms with Crippen LogP contribution in [0.3, 0.4) is 0 Å². The van der Waals surface area contributed by atoms with Gasteiger partial charge in [0.25, 0.3) is 5.91 Å². The summed E-state index contributed by atoms with van der Waals surface area (Å²) >= 11 is 0. The van der Waals surface area contributed by atoms with Crippen molar-refractivity contribution in [2.75, 3.05) is 13.7 Å². The zero-order valence-electron chi connectivity index (χ0n) is 36.1. The van der Waals surface area contributed by atoms with Gasteiger partial charge in [0.05, 0.1) is 35.4 Å². The highest BCUT2D eigenvalue weighted by Gasteiger charge is 2.68. The lowest BCUT2D eigenvalue weighted by Gasteiger charge is -2.37. The third-order valence-corrected chi connectivity index (χ3v) is 16.1. The topological polar surface area (TPSA) is 195 Å². The first-order chi connectivity index (χ1) is 28.6. The van der Waals surface area contributed by atoms with E-state index in [1.165, 1.54) is 11.8 Å². The van der Waals surface area contributed by atoms with Crippen LogP contribution in [0.15, 0.2) is 18.2 Å². The van der Waals surface area contributed by atoms with Crippen LogP contribution in [0.5, 0.6) is 11.6 Å². The summed E-state index contributed by atoms with van der Waals surface area (Å²) in [6.07, 6.45) is 1.92. The van der Waals surface area contributed by atoms with Crippen LogP contribution in [0.1, 0.15) is 118 Å². The molecule has 1 aromatic carbocycles. The third kappa shape index (κ3) is 8.70. The van der Waals surface area contributed by atoms with Gasteiger partial charge in [-0.2, -0.15) is 0 Å². The van der Waals surface area contributed by atoms with Gasteiger partial charge in [0, 0.05) is 12.0 Å². The summed E-state index contributed by atoms with van der Waals surface area (Å²) in [7, 11) is -2.71. The number of aromatic nitrogens is 2. The number of amides is 4. The molecule has 0 spiro atoms. The number of hydrogen-bond acceptors (Lipinski definition) is 11. The molecule has 336 valence electrons. The highest BCUT2D eigenvalue weighted by molar-refractivity contribution is 7.91. The lowest BCUT2D eigenvalue weighted by atomic mass is 9.85. The van der Waals surface area contributed by atoms with Gasteiger partial charge >= 0.3 is 6.09 Å². The first-order valence-corrected chi connectivity index (χ1v) is 23.1. The summed E-state index contributed by atoms with van der Waals surface area (Å²) in [5.41, 5.74) is -2.22. The minimum atomic E-state index is -4.25. The summed E-state index contributed by atoms with van der Waals surface area (Å²) in [6, 6.07) is 2.71. The van der Waals surface area contributed by atoms with Gasteiger partial charge in [-0.05, 0) is 102 Å². The Labute approximate surface area is 356 Å². The van der Waals surface area contributed by atoms with Gasteiger partial charge in [-0.1, -0.05) is 40.5 Å². The van der Waals surface area contributed by atoms with Crippen molar-refractivity contribution in [2.45, 2.75) is 159 Å². The number of nitrogens with one attached hydrogen (secondary N) is 3. The van der Waals surface area contributed by atoms with Crippen molar-refractivity contribution in [3.63, 3.8) is 0 Å². The van der Waals surface area contributed by atoms with Crippen molar-refractivity contribution >= 4 is 44.9 Å². The SMILES string of the molecule is CC[C@H]1C(C(=O)N[C@]2(C(=O)NS(=O)(=O)C3(C)CC3)C[C@H]2C(F)F)N2C[C@@H]1Oc1nc3cc(OC)ccc3nc1CCCCC[C@@H]1CCC[C@@]1(C)OC(=O)N[C@@H](C(C)(C)C)C2=O. The van der Waals surface area contributed by atoms with Crippen LogP contribution in [0.25, 0.3) is 11.0 Å². The predicted molar refractivity (Wildman–Crippen MR) is 220 cm³/mol. The first kappa shape index (κ1) is 44.7. The Kier molecular flexibility index (Phi) is 12.0. The monoisotopic (exact) mass is 874 g/mol. The molecule has 3 aliphatic carbocycles. The van der Waals surface area contributed by atoms with Crippen LogP contribution in [-0.4, -0.2) is 101 Å². The average Bonchev–Trinajstić information content (AvgIpc) is 4.05. The molecule has 2 aromatic rings. The summed E-state index contributed by atoms with van der Waals surface area (Å²) in [4.78, 5) is 68.6. The van der Waals surface area contributed by atoms with E-state index in [-0.39, 0.29) is 24.8 Å². The third-order valence-electron chi connectivity index (χ3n) is 13.9. The molecule has 1 aromatic heterocycles. The molecule has 5 aliphatic rings. The number of carbonyl (C=O) groups is 4. The first-order valence-electron chi connectivity index (χ1n) is 21.6. The average molecular weight is 875 g/mol. The summed E-state index contributed by atoms with van der Waals surface area (Å²) in [6.45, 7) is 10.3. The Balaban J connectivity index is 1.29. The van der Waals surface area contributed by atoms with E-state index in [9.17, 15) is 31.6 Å². The number of ether oxygens (including phenoxy) is 3. The minimum absolute atomic E-state index is 0.110. The number of hydrogen-bond donors (Lipinski definition) is 3. The fourth-order valence-electron chi connectivity index (χ4n) is 9.59. The zero-order valence-corrected chi connectivity index (χ0v) is 37.0. The molecule has 2 bridgehead atoms. The molecule has 2 aliphatic heterocycles. The number of methoxy groups -OCH3 is 1. The Bertz CT molecular complexity index is 2170. The largest absolute Gasteiger partial charge is 0.497 e. The van der Waals surface area contributed by atoms with Crippen molar-refractivity contribution in [3.05, 3.63) is 23.9 Å². The number of fused-ring (bicyclic) bond motifs is 5. The molecule has 7 rings (SSSR count). The molecule has 8 atom stereocenters. The molecule has 1 unspecified atom stereocenters. The molecule has 18 heteroatoms. The van der Waals surface area contributed by atoms with E-state index in [1.54, 1.807) is 46.9 Å². The number of benzene rings is 1. The normalized spacial score (nSPS) is 31.7.